The van der Waals surface area contributed by atoms with Crippen molar-refractivity contribution in [1.82, 2.24) is 5.43 Å². The monoisotopic (exact) mass is 492 g/mol. The van der Waals surface area contributed by atoms with Gasteiger partial charge in [-0.3, -0.25) is 9.59 Å². The van der Waals surface area contributed by atoms with E-state index in [-0.39, 0.29) is 24.7 Å². The highest BCUT2D eigenvalue weighted by Gasteiger charge is 2.07. The molecular formula is C21H25IN4O2. The molecule has 148 valence electrons. The van der Waals surface area contributed by atoms with Gasteiger partial charge in [-0.15, -0.1) is 0 Å². The first-order chi connectivity index (χ1) is 13.5. The lowest BCUT2D eigenvalue weighted by Gasteiger charge is -2.20. The molecule has 2 rings (SSSR count). The molecule has 2 N–H and O–H groups in total. The van der Waals surface area contributed by atoms with Crippen LogP contribution in [0.1, 0.15) is 32.3 Å². The van der Waals surface area contributed by atoms with E-state index in [2.05, 4.69) is 57.2 Å². The predicted molar refractivity (Wildman–Crippen MR) is 123 cm³/mol. The van der Waals surface area contributed by atoms with Gasteiger partial charge in [0.05, 0.1) is 6.21 Å². The zero-order chi connectivity index (χ0) is 20.4. The van der Waals surface area contributed by atoms with Gasteiger partial charge in [-0.05, 0) is 78.4 Å². The third-order valence-corrected chi connectivity index (χ3v) is 4.85. The Morgan fingerprint density at radius 2 is 1.57 bits per heavy atom. The molecule has 0 aliphatic rings. The maximum Gasteiger partial charge on any atom is 0.240 e. The van der Waals surface area contributed by atoms with Crippen LogP contribution in [0.4, 0.5) is 11.4 Å². The van der Waals surface area contributed by atoms with Crippen LogP contribution in [0.15, 0.2) is 53.6 Å². The fourth-order valence-electron chi connectivity index (χ4n) is 2.58. The van der Waals surface area contributed by atoms with E-state index in [1.54, 1.807) is 6.21 Å². The maximum atomic E-state index is 11.9. The molecule has 0 aliphatic carbocycles. The van der Waals surface area contributed by atoms with Crippen molar-refractivity contribution in [3.8, 4) is 0 Å². The normalized spacial score (nSPS) is 10.7. The molecule has 28 heavy (non-hydrogen) atoms. The number of hydrazone groups is 1. The van der Waals surface area contributed by atoms with Crippen LogP contribution in [0.2, 0.25) is 0 Å². The third kappa shape index (κ3) is 7.30. The molecule has 0 radical (unpaired) electrons. The van der Waals surface area contributed by atoms with Crippen molar-refractivity contribution in [3.05, 3.63) is 57.7 Å². The van der Waals surface area contributed by atoms with Crippen molar-refractivity contribution < 1.29 is 9.59 Å². The Bertz CT molecular complexity index is 800. The molecule has 2 aromatic carbocycles. The minimum atomic E-state index is -0.297. The summed E-state index contributed by atoms with van der Waals surface area (Å²) in [5.74, 6) is -0.499. The van der Waals surface area contributed by atoms with Gasteiger partial charge in [0.2, 0.25) is 11.8 Å². The number of amides is 2. The number of nitrogens with zero attached hydrogens (tertiary/aromatic N) is 2. The minimum absolute atomic E-state index is 0.0778. The van der Waals surface area contributed by atoms with E-state index in [9.17, 15) is 9.59 Å². The summed E-state index contributed by atoms with van der Waals surface area (Å²) in [5.41, 5.74) is 5.23. The first kappa shape index (κ1) is 21.9. The van der Waals surface area contributed by atoms with E-state index in [0.717, 1.165) is 33.6 Å². The van der Waals surface area contributed by atoms with Crippen LogP contribution in [-0.4, -0.2) is 31.1 Å². The SMILES string of the molecule is CCN(CC)c1ccc(C=NNC(=O)CCC(=O)Nc2ccc(I)cc2)cc1. The van der Waals surface area contributed by atoms with Crippen molar-refractivity contribution in [2.24, 2.45) is 5.10 Å². The second-order valence-electron chi connectivity index (χ2n) is 6.11. The van der Waals surface area contributed by atoms with Crippen molar-refractivity contribution in [2.75, 3.05) is 23.3 Å². The molecule has 0 heterocycles. The first-order valence-electron chi connectivity index (χ1n) is 9.24. The standard InChI is InChI=1S/C21H25IN4O2/c1-3-26(4-2)19-11-5-16(6-12-19)15-23-25-21(28)14-13-20(27)24-18-9-7-17(22)8-10-18/h5-12,15H,3-4,13-14H2,1-2H3,(H,24,27)(H,25,28). The Morgan fingerprint density at radius 1 is 0.964 bits per heavy atom. The molecule has 0 unspecified atom stereocenters. The summed E-state index contributed by atoms with van der Waals surface area (Å²) in [6, 6.07) is 15.5. The quantitative estimate of drug-likeness (QED) is 0.316. The fourth-order valence-corrected chi connectivity index (χ4v) is 2.94. The summed E-state index contributed by atoms with van der Waals surface area (Å²) in [4.78, 5) is 26.0. The van der Waals surface area contributed by atoms with Gasteiger partial charge >= 0.3 is 0 Å². The Balaban J connectivity index is 1.74. The molecule has 0 fully saturated rings. The average Bonchev–Trinajstić information content (AvgIpc) is 2.70. The number of halogens is 1. The Morgan fingerprint density at radius 3 is 2.18 bits per heavy atom. The van der Waals surface area contributed by atoms with Gasteiger partial charge in [0.15, 0.2) is 0 Å². The maximum absolute atomic E-state index is 11.9. The lowest BCUT2D eigenvalue weighted by atomic mass is 10.2. The second kappa shape index (κ2) is 11.4. The molecule has 0 saturated carbocycles. The number of nitrogens with one attached hydrogen (secondary N) is 2. The fraction of sp³-hybridized carbons (Fsp3) is 0.286. The van der Waals surface area contributed by atoms with Gasteiger partial charge < -0.3 is 10.2 Å². The van der Waals surface area contributed by atoms with E-state index < -0.39 is 0 Å². The molecular weight excluding hydrogens is 467 g/mol. The molecule has 0 aliphatic heterocycles. The lowest BCUT2D eigenvalue weighted by molar-refractivity contribution is -0.124. The van der Waals surface area contributed by atoms with Crippen molar-refractivity contribution in [3.63, 3.8) is 0 Å². The smallest absolute Gasteiger partial charge is 0.240 e. The summed E-state index contributed by atoms with van der Waals surface area (Å²) in [7, 11) is 0. The highest BCUT2D eigenvalue weighted by molar-refractivity contribution is 14.1. The van der Waals surface area contributed by atoms with Gasteiger partial charge in [-0.2, -0.15) is 5.10 Å². The third-order valence-electron chi connectivity index (χ3n) is 4.13. The van der Waals surface area contributed by atoms with Crippen LogP contribution in [-0.2, 0) is 9.59 Å². The summed E-state index contributed by atoms with van der Waals surface area (Å²) in [6.07, 6.45) is 1.77. The Hall–Kier alpha value is -2.42. The van der Waals surface area contributed by atoms with Gasteiger partial charge in [0.25, 0.3) is 0 Å². The highest BCUT2D eigenvalue weighted by atomic mass is 127. The van der Waals surface area contributed by atoms with Crippen LogP contribution >= 0.6 is 22.6 Å². The van der Waals surface area contributed by atoms with E-state index in [1.807, 2.05) is 48.5 Å². The summed E-state index contributed by atoms with van der Waals surface area (Å²) >= 11 is 2.20. The summed E-state index contributed by atoms with van der Waals surface area (Å²) < 4.78 is 1.09. The molecule has 7 heteroatoms. The highest BCUT2D eigenvalue weighted by Crippen LogP contribution is 2.14. The van der Waals surface area contributed by atoms with Crippen molar-refractivity contribution in [2.45, 2.75) is 26.7 Å². The zero-order valence-electron chi connectivity index (χ0n) is 16.1. The van der Waals surface area contributed by atoms with Crippen LogP contribution in [0.3, 0.4) is 0 Å². The average molecular weight is 492 g/mol. The number of anilines is 2. The predicted octanol–water partition coefficient (Wildman–Crippen LogP) is 4.01. The summed E-state index contributed by atoms with van der Waals surface area (Å²) in [5, 5.41) is 6.72. The van der Waals surface area contributed by atoms with E-state index in [4.69, 9.17) is 0 Å². The zero-order valence-corrected chi connectivity index (χ0v) is 18.3. The number of carbonyl (C=O) groups excluding carboxylic acids is 2. The van der Waals surface area contributed by atoms with Gasteiger partial charge in [0.1, 0.15) is 0 Å². The van der Waals surface area contributed by atoms with Crippen LogP contribution in [0.25, 0.3) is 0 Å². The number of hydrogen-bond donors (Lipinski definition) is 2. The minimum Gasteiger partial charge on any atom is -0.372 e. The molecule has 0 aromatic heterocycles. The van der Waals surface area contributed by atoms with Gasteiger partial charge in [-0.25, -0.2) is 5.43 Å². The van der Waals surface area contributed by atoms with Crippen molar-refractivity contribution in [1.29, 1.82) is 0 Å². The second-order valence-corrected chi connectivity index (χ2v) is 7.36. The number of rotatable bonds is 9. The van der Waals surface area contributed by atoms with E-state index in [1.165, 1.54) is 0 Å². The largest absolute Gasteiger partial charge is 0.372 e. The number of carbonyl (C=O) groups is 2. The Labute approximate surface area is 179 Å². The molecule has 0 atom stereocenters. The molecule has 0 bridgehead atoms. The first-order valence-corrected chi connectivity index (χ1v) is 10.3. The van der Waals surface area contributed by atoms with Crippen molar-refractivity contribution >= 4 is 52.0 Å². The van der Waals surface area contributed by atoms with Gasteiger partial charge in [-0.1, -0.05) is 12.1 Å². The molecule has 0 spiro atoms. The Kier molecular flexibility index (Phi) is 8.93. The van der Waals surface area contributed by atoms with E-state index >= 15 is 0 Å². The van der Waals surface area contributed by atoms with Crippen LogP contribution < -0.4 is 15.6 Å². The molecule has 6 nitrogen and oxygen atoms in total. The lowest BCUT2D eigenvalue weighted by Crippen LogP contribution is -2.21. The van der Waals surface area contributed by atoms with Crippen LogP contribution in [0, 0.1) is 3.57 Å². The number of benzene rings is 2. The van der Waals surface area contributed by atoms with Gasteiger partial charge in [0, 0.05) is 40.9 Å². The van der Waals surface area contributed by atoms with E-state index in [0.29, 0.717) is 0 Å². The number of hydrogen-bond acceptors (Lipinski definition) is 4. The molecule has 0 saturated heterocycles. The van der Waals surface area contributed by atoms with Crippen LogP contribution in [0.5, 0.6) is 0 Å². The molecule has 2 amide bonds. The topological polar surface area (TPSA) is 73.8 Å². The molecule has 2 aromatic rings. The summed E-state index contributed by atoms with van der Waals surface area (Å²) in [6.45, 7) is 6.15.